The second-order valence-corrected chi connectivity index (χ2v) is 5.76. The van der Waals surface area contributed by atoms with E-state index in [1.54, 1.807) is 6.20 Å². The van der Waals surface area contributed by atoms with Gasteiger partial charge in [-0.2, -0.15) is 0 Å². The molecule has 0 aliphatic carbocycles. The molecule has 2 heterocycles. The Balaban J connectivity index is 1.93. The number of aryl methyl sites for hydroxylation is 2. The predicted octanol–water partition coefficient (Wildman–Crippen LogP) is 0.771. The van der Waals surface area contributed by atoms with Crippen LogP contribution in [0.4, 0.5) is 0 Å². The topological polar surface area (TPSA) is 65.5 Å². The molecule has 1 aliphatic rings. The van der Waals surface area contributed by atoms with Crippen LogP contribution in [0.3, 0.4) is 0 Å². The van der Waals surface area contributed by atoms with E-state index in [1.807, 2.05) is 27.0 Å². The van der Waals surface area contributed by atoms with E-state index < -0.39 is 5.60 Å². The van der Waals surface area contributed by atoms with Gasteiger partial charge in [0, 0.05) is 31.5 Å². The van der Waals surface area contributed by atoms with Gasteiger partial charge in [0.1, 0.15) is 5.60 Å². The number of carbonyl (C=O) groups excluding carboxylic acids is 1. The second-order valence-electron chi connectivity index (χ2n) is 5.76. The van der Waals surface area contributed by atoms with Crippen molar-refractivity contribution in [3.63, 3.8) is 0 Å². The summed E-state index contributed by atoms with van der Waals surface area (Å²) in [5.74, 6) is -0.274. The highest BCUT2D eigenvalue weighted by Gasteiger charge is 2.38. The van der Waals surface area contributed by atoms with Gasteiger partial charge < -0.3 is 15.3 Å². The van der Waals surface area contributed by atoms with E-state index in [1.165, 1.54) is 0 Å². The van der Waals surface area contributed by atoms with Crippen molar-refractivity contribution < 1.29 is 9.90 Å². The summed E-state index contributed by atoms with van der Waals surface area (Å²) in [7, 11) is 2.00. The van der Waals surface area contributed by atoms with Gasteiger partial charge in [0.25, 0.3) is 5.91 Å². The van der Waals surface area contributed by atoms with Crippen LogP contribution in [-0.4, -0.2) is 46.6 Å². The quantitative estimate of drug-likeness (QED) is 0.856. The minimum absolute atomic E-state index is 0.274. The molecule has 1 saturated heterocycles. The summed E-state index contributed by atoms with van der Waals surface area (Å²) < 4.78 is 0. The monoisotopic (exact) mass is 277 g/mol. The van der Waals surface area contributed by atoms with Crippen molar-refractivity contribution in [1.29, 1.82) is 0 Å². The molecule has 2 rings (SSSR count). The molecule has 2 N–H and O–H groups in total. The van der Waals surface area contributed by atoms with Crippen LogP contribution in [0.2, 0.25) is 0 Å². The largest absolute Gasteiger partial charge is 0.380 e. The first-order valence-electron chi connectivity index (χ1n) is 7.02. The number of likely N-dealkylation sites (tertiary alicyclic amines) is 1. The number of amides is 1. The Labute approximate surface area is 120 Å². The molecule has 1 aromatic heterocycles. The zero-order valence-corrected chi connectivity index (χ0v) is 12.4. The molecule has 1 aliphatic heterocycles. The number of pyridine rings is 1. The van der Waals surface area contributed by atoms with Gasteiger partial charge >= 0.3 is 0 Å². The molecule has 1 fully saturated rings. The van der Waals surface area contributed by atoms with Crippen LogP contribution in [0.1, 0.15) is 29.7 Å². The summed E-state index contributed by atoms with van der Waals surface area (Å²) in [6.45, 7) is 5.85. The van der Waals surface area contributed by atoms with E-state index in [2.05, 4.69) is 15.2 Å². The molecular formula is C15H23N3O2. The minimum Gasteiger partial charge on any atom is -0.380 e. The van der Waals surface area contributed by atoms with Crippen molar-refractivity contribution >= 4 is 5.91 Å². The third-order valence-corrected chi connectivity index (χ3v) is 4.09. The zero-order chi connectivity index (χ0) is 14.8. The first kappa shape index (κ1) is 14.9. The van der Waals surface area contributed by atoms with Gasteiger partial charge in [0.2, 0.25) is 0 Å². The summed E-state index contributed by atoms with van der Waals surface area (Å²) in [6.07, 6.45) is 2.74. The Bertz CT molecular complexity index is 494. The number of hydrogen-bond donors (Lipinski definition) is 2. The first-order valence-corrected chi connectivity index (χ1v) is 7.02. The number of aliphatic hydroxyl groups is 1. The molecule has 5 nitrogen and oxygen atoms in total. The van der Waals surface area contributed by atoms with Crippen LogP contribution in [0.25, 0.3) is 0 Å². The summed E-state index contributed by atoms with van der Waals surface area (Å²) in [5, 5.41) is 13.2. The maximum atomic E-state index is 12.2. The lowest BCUT2D eigenvalue weighted by Gasteiger charge is -2.35. The van der Waals surface area contributed by atoms with E-state index in [0.29, 0.717) is 19.4 Å². The zero-order valence-electron chi connectivity index (χ0n) is 12.4. The lowest BCUT2D eigenvalue weighted by Crippen LogP contribution is -2.52. The summed E-state index contributed by atoms with van der Waals surface area (Å²) in [5.41, 5.74) is 1.83. The molecular weight excluding hydrogens is 254 g/mol. The predicted molar refractivity (Wildman–Crippen MR) is 77.2 cm³/mol. The fourth-order valence-corrected chi connectivity index (χ4v) is 2.36. The van der Waals surface area contributed by atoms with Crippen LogP contribution < -0.4 is 5.32 Å². The molecule has 0 spiro atoms. The average molecular weight is 277 g/mol. The van der Waals surface area contributed by atoms with Crippen molar-refractivity contribution in [2.24, 2.45) is 0 Å². The van der Waals surface area contributed by atoms with Gasteiger partial charge in [-0.15, -0.1) is 0 Å². The van der Waals surface area contributed by atoms with E-state index >= 15 is 0 Å². The molecule has 5 heteroatoms. The van der Waals surface area contributed by atoms with Crippen molar-refractivity contribution in [1.82, 2.24) is 15.2 Å². The van der Waals surface area contributed by atoms with Crippen molar-refractivity contribution in [2.45, 2.75) is 38.8 Å². The fourth-order valence-electron chi connectivity index (χ4n) is 2.36. The number of hydrogen-bond acceptors (Lipinski definition) is 4. The van der Waals surface area contributed by atoms with Crippen LogP contribution in [-0.2, 0) is 11.3 Å². The van der Waals surface area contributed by atoms with E-state index in [0.717, 1.165) is 29.9 Å². The third kappa shape index (κ3) is 3.35. The van der Waals surface area contributed by atoms with E-state index in [-0.39, 0.29) is 5.91 Å². The van der Waals surface area contributed by atoms with Crippen molar-refractivity contribution in [3.8, 4) is 0 Å². The summed E-state index contributed by atoms with van der Waals surface area (Å²) in [4.78, 5) is 18.5. The lowest BCUT2D eigenvalue weighted by atomic mass is 9.90. The molecule has 20 heavy (non-hydrogen) atoms. The number of piperidine rings is 1. The maximum Gasteiger partial charge on any atom is 0.252 e. The summed E-state index contributed by atoms with van der Waals surface area (Å²) >= 11 is 0. The highest BCUT2D eigenvalue weighted by Crippen LogP contribution is 2.21. The number of carbonyl (C=O) groups is 1. The second kappa shape index (κ2) is 5.89. The van der Waals surface area contributed by atoms with E-state index in [4.69, 9.17) is 0 Å². The molecule has 0 atom stereocenters. The lowest BCUT2D eigenvalue weighted by molar-refractivity contribution is -0.144. The van der Waals surface area contributed by atoms with Crippen molar-refractivity contribution in [2.75, 3.05) is 20.1 Å². The van der Waals surface area contributed by atoms with Gasteiger partial charge in [0.15, 0.2) is 0 Å². The Morgan fingerprint density at radius 2 is 2.10 bits per heavy atom. The maximum absolute atomic E-state index is 12.2. The van der Waals surface area contributed by atoms with Gasteiger partial charge in [-0.3, -0.25) is 9.78 Å². The highest BCUT2D eigenvalue weighted by atomic mass is 16.3. The van der Waals surface area contributed by atoms with Crippen LogP contribution in [0.5, 0.6) is 0 Å². The smallest absolute Gasteiger partial charge is 0.252 e. The molecule has 0 bridgehead atoms. The average Bonchev–Trinajstić information content (AvgIpc) is 2.43. The minimum atomic E-state index is -1.22. The molecule has 0 aromatic carbocycles. The third-order valence-electron chi connectivity index (χ3n) is 4.09. The molecule has 0 radical (unpaired) electrons. The van der Waals surface area contributed by atoms with Gasteiger partial charge in [-0.05, 0) is 44.9 Å². The Kier molecular flexibility index (Phi) is 4.40. The normalized spacial score (nSPS) is 18.8. The van der Waals surface area contributed by atoms with Gasteiger partial charge in [-0.1, -0.05) is 6.07 Å². The number of nitrogens with zero attached hydrogens (tertiary/aromatic N) is 2. The SMILES string of the molecule is Cc1cc(CNC(=O)C2(O)CCN(C)CC2)cnc1C. The Hall–Kier alpha value is -1.46. The standard InChI is InChI=1S/C15H23N3O2/c1-11-8-13(9-16-12(11)2)10-17-14(19)15(20)4-6-18(3)7-5-15/h8-9,20H,4-7,10H2,1-3H3,(H,17,19). The molecule has 0 unspecified atom stereocenters. The van der Waals surface area contributed by atoms with E-state index in [9.17, 15) is 9.90 Å². The summed E-state index contributed by atoms with van der Waals surface area (Å²) in [6, 6.07) is 2.02. The Morgan fingerprint density at radius 1 is 1.45 bits per heavy atom. The molecule has 1 amide bonds. The van der Waals surface area contributed by atoms with Crippen LogP contribution >= 0.6 is 0 Å². The highest BCUT2D eigenvalue weighted by molar-refractivity contribution is 5.85. The van der Waals surface area contributed by atoms with Crippen molar-refractivity contribution in [3.05, 3.63) is 29.1 Å². The fraction of sp³-hybridized carbons (Fsp3) is 0.600. The molecule has 110 valence electrons. The van der Waals surface area contributed by atoms with Crippen LogP contribution in [0.15, 0.2) is 12.3 Å². The number of aromatic nitrogens is 1. The first-order chi connectivity index (χ1) is 9.40. The number of nitrogens with one attached hydrogen (secondary N) is 1. The Morgan fingerprint density at radius 3 is 2.70 bits per heavy atom. The number of rotatable bonds is 3. The van der Waals surface area contributed by atoms with Crippen LogP contribution in [0, 0.1) is 13.8 Å². The molecule has 0 saturated carbocycles. The van der Waals surface area contributed by atoms with Gasteiger partial charge in [0.05, 0.1) is 0 Å². The van der Waals surface area contributed by atoms with Gasteiger partial charge in [-0.25, -0.2) is 0 Å². The molecule has 1 aromatic rings.